The minimum atomic E-state index is -0.103. The molecule has 0 saturated carbocycles. The van der Waals surface area contributed by atoms with Gasteiger partial charge in [0.25, 0.3) is 6.71 Å². The monoisotopic (exact) mass is 870 g/mol. The molecule has 10 aromatic rings. The van der Waals surface area contributed by atoms with Crippen LogP contribution in [0.5, 0.6) is 11.5 Å². The zero-order valence-electron chi connectivity index (χ0n) is 38.0. The first-order valence-electron chi connectivity index (χ1n) is 23.3. The van der Waals surface area contributed by atoms with E-state index in [2.05, 4.69) is 189 Å². The quantitative estimate of drug-likeness (QED) is 0.161. The molecule has 2 aromatic heterocycles. The number of ether oxygens (including phenoxy) is 2. The van der Waals surface area contributed by atoms with Gasteiger partial charge in [-0.05, 0) is 118 Å². The average molecular weight is 871 g/mol. The Morgan fingerprint density at radius 1 is 0.507 bits per heavy atom. The van der Waals surface area contributed by atoms with Crippen LogP contribution in [0.25, 0.3) is 55.7 Å². The van der Waals surface area contributed by atoms with Gasteiger partial charge in [-0.3, -0.25) is 0 Å². The minimum absolute atomic E-state index is 0.0992. The number of hydrogen-bond acceptors (Lipinski definition) is 6. The molecule has 5 heterocycles. The van der Waals surface area contributed by atoms with Gasteiger partial charge in [-0.15, -0.1) is 0 Å². The Bertz CT molecular complexity index is 3530. The molecule has 3 aliphatic heterocycles. The smallest absolute Gasteiger partial charge is 0.252 e. The predicted molar refractivity (Wildman–Crippen MR) is 275 cm³/mol. The third kappa shape index (κ3) is 6.40. The highest BCUT2D eigenvalue weighted by atomic mass is 16.5. The van der Waals surface area contributed by atoms with Crippen LogP contribution in [0, 0.1) is 6.92 Å². The second-order valence-electron chi connectivity index (χ2n) is 19.2. The SMILES string of the molecule is Cc1cc2c3c(c1)N(c1c(-c4ccccc4)ccc4c1OCCCO4)c1ccc(C(C)(C)C)cc1B3c1ccc(-c3cc4ccccc4o3)cc1N2c1cccc(-c2cc3ccccc3o2)c1. The average Bonchev–Trinajstić information content (AvgIpc) is 3.91. The maximum absolute atomic E-state index is 6.84. The fourth-order valence-electron chi connectivity index (χ4n) is 10.6. The standard InChI is InChI=1S/C60H47BN2O4/c1-37-30-50-57-51(31-37)63(58-45(38-14-6-5-7-15-38)24-27-54-59(58)65-29-13-28-64-54)48-26-23-43(60(2,3)4)36-47(48)61(57)46-25-22-42(56-35-41-17-9-11-21-53(41)67-56)33-49(46)62(50)44-19-12-18-39(32-44)55-34-40-16-8-10-20-52(40)66-55/h5-12,14-27,30-36H,13,28-29H2,1-4H3. The van der Waals surface area contributed by atoms with Gasteiger partial charge in [-0.2, -0.15) is 0 Å². The summed E-state index contributed by atoms with van der Waals surface area (Å²) in [5.74, 6) is 3.19. The minimum Gasteiger partial charge on any atom is -0.489 e. The van der Waals surface area contributed by atoms with Crippen molar-refractivity contribution in [1.82, 2.24) is 0 Å². The molecule has 0 amide bonds. The first-order chi connectivity index (χ1) is 32.7. The molecule has 6 nitrogen and oxygen atoms in total. The molecule has 324 valence electrons. The molecule has 0 atom stereocenters. The van der Waals surface area contributed by atoms with E-state index in [1.54, 1.807) is 0 Å². The number of para-hydroxylation sites is 2. The summed E-state index contributed by atoms with van der Waals surface area (Å²) >= 11 is 0. The summed E-state index contributed by atoms with van der Waals surface area (Å²) in [4.78, 5) is 4.95. The largest absolute Gasteiger partial charge is 0.489 e. The number of benzene rings is 8. The Labute approximate surface area is 390 Å². The van der Waals surface area contributed by atoms with Gasteiger partial charge in [-0.1, -0.05) is 124 Å². The van der Waals surface area contributed by atoms with Crippen molar-refractivity contribution in [2.45, 2.75) is 39.5 Å². The molecule has 0 N–H and O–H groups in total. The summed E-state index contributed by atoms with van der Waals surface area (Å²) in [7, 11) is 0. The fourth-order valence-corrected chi connectivity index (χ4v) is 10.6. The van der Waals surface area contributed by atoms with E-state index >= 15 is 0 Å². The molecule has 7 heteroatoms. The van der Waals surface area contributed by atoms with Gasteiger partial charge in [-0.25, -0.2) is 0 Å². The van der Waals surface area contributed by atoms with Crippen LogP contribution in [0.2, 0.25) is 0 Å². The molecule has 0 unspecified atom stereocenters. The van der Waals surface area contributed by atoms with E-state index in [0.717, 1.165) is 113 Å². The number of nitrogens with zero attached hydrogens (tertiary/aromatic N) is 2. The van der Waals surface area contributed by atoms with Crippen molar-refractivity contribution in [2.24, 2.45) is 0 Å². The zero-order valence-corrected chi connectivity index (χ0v) is 38.0. The number of hydrogen-bond donors (Lipinski definition) is 0. The molecule has 8 aromatic carbocycles. The lowest BCUT2D eigenvalue weighted by Crippen LogP contribution is -2.61. The van der Waals surface area contributed by atoms with Gasteiger partial charge in [0.05, 0.1) is 13.2 Å². The predicted octanol–water partition coefficient (Wildman–Crippen LogP) is 14.0. The van der Waals surface area contributed by atoms with E-state index < -0.39 is 0 Å². The molecule has 0 spiro atoms. The van der Waals surface area contributed by atoms with E-state index in [-0.39, 0.29) is 12.1 Å². The van der Waals surface area contributed by atoms with Crippen LogP contribution >= 0.6 is 0 Å². The van der Waals surface area contributed by atoms with Crippen molar-refractivity contribution in [3.8, 4) is 45.3 Å². The van der Waals surface area contributed by atoms with Crippen molar-refractivity contribution < 1.29 is 18.3 Å². The molecule has 67 heavy (non-hydrogen) atoms. The molecule has 0 radical (unpaired) electrons. The second-order valence-corrected chi connectivity index (χ2v) is 19.2. The Morgan fingerprint density at radius 2 is 1.18 bits per heavy atom. The Kier molecular flexibility index (Phi) is 8.88. The van der Waals surface area contributed by atoms with Crippen molar-refractivity contribution in [2.75, 3.05) is 23.0 Å². The first-order valence-corrected chi connectivity index (χ1v) is 23.3. The van der Waals surface area contributed by atoms with Crippen molar-refractivity contribution in [3.05, 3.63) is 187 Å². The van der Waals surface area contributed by atoms with E-state index in [4.69, 9.17) is 18.3 Å². The lowest BCUT2D eigenvalue weighted by Gasteiger charge is -2.45. The van der Waals surface area contributed by atoms with Gasteiger partial charge in [0.2, 0.25) is 0 Å². The van der Waals surface area contributed by atoms with Gasteiger partial charge in [0.15, 0.2) is 11.5 Å². The van der Waals surface area contributed by atoms with Gasteiger partial charge < -0.3 is 28.1 Å². The number of aryl methyl sites for hydroxylation is 1. The van der Waals surface area contributed by atoms with Crippen LogP contribution < -0.4 is 35.7 Å². The normalized spacial score (nSPS) is 13.9. The van der Waals surface area contributed by atoms with E-state index in [9.17, 15) is 0 Å². The number of fused-ring (bicyclic) bond motifs is 7. The topological polar surface area (TPSA) is 51.2 Å². The summed E-state index contributed by atoms with van der Waals surface area (Å²) in [5.41, 5.74) is 18.4. The van der Waals surface area contributed by atoms with E-state index in [1.807, 2.05) is 24.3 Å². The highest BCUT2D eigenvalue weighted by molar-refractivity contribution is 7.00. The number of furan rings is 2. The van der Waals surface area contributed by atoms with Crippen LogP contribution in [0.3, 0.4) is 0 Å². The van der Waals surface area contributed by atoms with E-state index in [0.29, 0.717) is 13.2 Å². The molecule has 0 saturated heterocycles. The lowest BCUT2D eigenvalue weighted by atomic mass is 9.33. The van der Waals surface area contributed by atoms with Crippen LogP contribution in [0.4, 0.5) is 34.1 Å². The highest BCUT2D eigenvalue weighted by Crippen LogP contribution is 2.53. The van der Waals surface area contributed by atoms with Crippen LogP contribution in [-0.2, 0) is 5.41 Å². The third-order valence-electron chi connectivity index (χ3n) is 13.8. The van der Waals surface area contributed by atoms with Gasteiger partial charge >= 0.3 is 0 Å². The Morgan fingerprint density at radius 3 is 1.91 bits per heavy atom. The summed E-state index contributed by atoms with van der Waals surface area (Å²) in [5, 5.41) is 2.16. The molecule has 0 bridgehead atoms. The molecule has 0 aliphatic carbocycles. The van der Waals surface area contributed by atoms with Crippen LogP contribution in [0.1, 0.15) is 38.3 Å². The van der Waals surface area contributed by atoms with Crippen molar-refractivity contribution in [1.29, 1.82) is 0 Å². The summed E-state index contributed by atoms with van der Waals surface area (Å²) in [6.45, 7) is 10.2. The summed E-state index contributed by atoms with van der Waals surface area (Å²) in [6.07, 6.45) is 0.803. The Balaban J connectivity index is 1.11. The van der Waals surface area contributed by atoms with Crippen LogP contribution in [0.15, 0.2) is 185 Å². The molecular formula is C60H47BN2O4. The lowest BCUT2D eigenvalue weighted by molar-refractivity contribution is 0.297. The van der Waals surface area contributed by atoms with Gasteiger partial charge in [0, 0.05) is 62.3 Å². The molecule has 3 aliphatic rings. The maximum atomic E-state index is 6.84. The molecular weight excluding hydrogens is 823 g/mol. The fraction of sp³-hybridized carbons (Fsp3) is 0.133. The van der Waals surface area contributed by atoms with Gasteiger partial charge in [0.1, 0.15) is 28.4 Å². The number of anilines is 6. The van der Waals surface area contributed by atoms with Crippen molar-refractivity contribution in [3.63, 3.8) is 0 Å². The molecule has 0 fully saturated rings. The third-order valence-corrected chi connectivity index (χ3v) is 13.8. The summed E-state index contributed by atoms with van der Waals surface area (Å²) < 4.78 is 26.4. The second kappa shape index (κ2) is 15.1. The zero-order chi connectivity index (χ0) is 45.0. The first kappa shape index (κ1) is 39.5. The molecule has 13 rings (SSSR count). The van der Waals surface area contributed by atoms with Crippen molar-refractivity contribution >= 4 is 79.2 Å². The summed E-state index contributed by atoms with van der Waals surface area (Å²) in [6, 6.07) is 63.3. The highest BCUT2D eigenvalue weighted by Gasteiger charge is 2.45. The van der Waals surface area contributed by atoms with E-state index in [1.165, 1.54) is 22.0 Å². The number of rotatable bonds is 5. The maximum Gasteiger partial charge on any atom is 0.252 e. The Hall–Kier alpha value is -7.90. The van der Waals surface area contributed by atoms with Crippen LogP contribution in [-0.4, -0.2) is 19.9 Å².